The summed E-state index contributed by atoms with van der Waals surface area (Å²) in [7, 11) is 1.85. The number of anilines is 3. The van der Waals surface area contributed by atoms with Gasteiger partial charge in [-0.1, -0.05) is 18.7 Å². The first-order chi connectivity index (χ1) is 18.9. The first-order valence-corrected chi connectivity index (χ1v) is 11.9. The summed E-state index contributed by atoms with van der Waals surface area (Å²) in [4.78, 5) is 29.4. The van der Waals surface area contributed by atoms with Gasteiger partial charge in [-0.25, -0.2) is 4.39 Å². The van der Waals surface area contributed by atoms with Crippen molar-refractivity contribution in [3.8, 4) is 0 Å². The molecule has 5 aromatic rings. The van der Waals surface area contributed by atoms with Gasteiger partial charge in [-0.05, 0) is 48.7 Å². The Bertz CT molecular complexity index is 1770. The monoisotopic (exact) mass is 552 g/mol. The molecule has 0 aliphatic rings. The van der Waals surface area contributed by atoms with Crippen LogP contribution in [-0.2, 0) is 24.6 Å². The Labute approximate surface area is 225 Å². The van der Waals surface area contributed by atoms with Gasteiger partial charge in [-0.15, -0.1) is 0 Å². The van der Waals surface area contributed by atoms with Crippen LogP contribution in [0.3, 0.4) is 0 Å². The molecule has 0 unspecified atom stereocenters. The number of amides is 1. The van der Waals surface area contributed by atoms with Crippen molar-refractivity contribution in [1.82, 2.24) is 19.3 Å². The number of hydrogen-bond acceptors (Lipinski definition) is 5. The molecule has 2 N–H and O–H groups in total. The summed E-state index contributed by atoms with van der Waals surface area (Å²) in [5.41, 5.74) is 0.753. The fourth-order valence-corrected chi connectivity index (χ4v) is 3.97. The molecule has 0 aliphatic carbocycles. The minimum atomic E-state index is -4.59. The summed E-state index contributed by atoms with van der Waals surface area (Å²) in [6.07, 6.45) is 0.407. The first-order valence-electron chi connectivity index (χ1n) is 11.9. The molecule has 206 valence electrons. The fraction of sp³-hybridized carbons (Fsp3) is 0.143. The highest BCUT2D eigenvalue weighted by atomic mass is 19.4. The highest BCUT2D eigenvalue weighted by Crippen LogP contribution is 2.30. The molecule has 0 bridgehead atoms. The maximum absolute atomic E-state index is 13.3. The molecular weight excluding hydrogens is 528 g/mol. The largest absolute Gasteiger partial charge is 0.417 e. The van der Waals surface area contributed by atoms with E-state index in [9.17, 15) is 27.2 Å². The third-order valence-corrected chi connectivity index (χ3v) is 5.69. The zero-order valence-electron chi connectivity index (χ0n) is 21.5. The standard InChI is InChI=1S/C25H19F3N6O2.C3H5F/c1-33-21-6-5-18(9-16(21)11-30-33)31-20-4-2-3-15-7-8-34(24(36)23(15)20)14-22(35)32-19-10-17(12-29-13-19)25(26,27)28;1-3(2)4/h2-13,31H,14H2,1H3,(H,32,35);1H2,2H3. The third kappa shape index (κ3) is 6.52. The molecule has 0 saturated carbocycles. The SMILES string of the molecule is C=C(C)F.Cn1ncc2cc(Nc3cccc4ccn(CC(=O)Nc5cncc(C(F)(F)F)c5)c(=O)c34)ccc21. The normalized spacial score (nSPS) is 11.2. The van der Waals surface area contributed by atoms with Crippen molar-refractivity contribution < 1.29 is 22.4 Å². The Morgan fingerprint density at radius 2 is 1.77 bits per heavy atom. The molecule has 0 radical (unpaired) electrons. The van der Waals surface area contributed by atoms with E-state index in [0.29, 0.717) is 22.7 Å². The Morgan fingerprint density at radius 3 is 2.50 bits per heavy atom. The minimum Gasteiger partial charge on any atom is -0.355 e. The van der Waals surface area contributed by atoms with E-state index in [4.69, 9.17) is 0 Å². The van der Waals surface area contributed by atoms with Crippen LogP contribution in [0, 0.1) is 0 Å². The zero-order valence-corrected chi connectivity index (χ0v) is 21.5. The molecule has 0 fully saturated rings. The second-order valence-corrected chi connectivity index (χ2v) is 8.87. The predicted molar refractivity (Wildman–Crippen MR) is 146 cm³/mol. The molecule has 0 spiro atoms. The highest BCUT2D eigenvalue weighted by molar-refractivity contribution is 5.96. The molecule has 0 aliphatic heterocycles. The van der Waals surface area contributed by atoms with Gasteiger partial charge < -0.3 is 15.2 Å². The van der Waals surface area contributed by atoms with Crippen molar-refractivity contribution >= 4 is 44.6 Å². The van der Waals surface area contributed by atoms with E-state index < -0.39 is 23.2 Å². The van der Waals surface area contributed by atoms with Gasteiger partial charge in [0.2, 0.25) is 5.91 Å². The number of hydrogen-bond donors (Lipinski definition) is 2. The van der Waals surface area contributed by atoms with Crippen molar-refractivity contribution in [3.05, 3.63) is 102 Å². The average molecular weight is 553 g/mol. The Morgan fingerprint density at radius 1 is 1.02 bits per heavy atom. The lowest BCUT2D eigenvalue weighted by Crippen LogP contribution is -2.27. The Balaban J connectivity index is 0.000000867. The summed E-state index contributed by atoms with van der Waals surface area (Å²) in [6, 6.07) is 13.5. The zero-order chi connectivity index (χ0) is 29.0. The number of benzene rings is 2. The van der Waals surface area contributed by atoms with Crippen LogP contribution in [0.5, 0.6) is 0 Å². The molecule has 1 amide bonds. The molecular formula is C28H24F4N6O2. The number of aromatic nitrogens is 4. The van der Waals surface area contributed by atoms with E-state index in [2.05, 4.69) is 27.3 Å². The molecule has 0 saturated heterocycles. The number of aryl methyl sites for hydroxylation is 1. The number of allylic oxidation sites excluding steroid dienone is 1. The van der Waals surface area contributed by atoms with Crippen LogP contribution in [0.15, 0.2) is 90.5 Å². The van der Waals surface area contributed by atoms with Gasteiger partial charge in [0.1, 0.15) is 6.54 Å². The van der Waals surface area contributed by atoms with E-state index in [0.717, 1.165) is 28.9 Å². The van der Waals surface area contributed by atoms with Gasteiger partial charge in [0.15, 0.2) is 0 Å². The molecule has 0 atom stereocenters. The topological polar surface area (TPSA) is 93.8 Å². The summed E-state index contributed by atoms with van der Waals surface area (Å²) in [5, 5.41) is 11.8. The van der Waals surface area contributed by atoms with Crippen molar-refractivity contribution in [2.45, 2.75) is 19.6 Å². The van der Waals surface area contributed by atoms with Crippen LogP contribution in [-0.4, -0.2) is 25.2 Å². The number of alkyl halides is 3. The summed E-state index contributed by atoms with van der Waals surface area (Å²) in [6.45, 7) is 3.81. The molecule has 3 aromatic heterocycles. The van der Waals surface area contributed by atoms with Crippen molar-refractivity contribution in [1.29, 1.82) is 0 Å². The van der Waals surface area contributed by atoms with Gasteiger partial charge in [0.05, 0.1) is 46.1 Å². The maximum atomic E-state index is 13.3. The number of fused-ring (bicyclic) bond motifs is 2. The van der Waals surface area contributed by atoms with Crippen LogP contribution in [0.4, 0.5) is 34.6 Å². The number of nitrogens with one attached hydrogen (secondary N) is 2. The average Bonchev–Trinajstić information content (AvgIpc) is 3.25. The van der Waals surface area contributed by atoms with E-state index in [1.54, 1.807) is 29.1 Å². The van der Waals surface area contributed by atoms with Gasteiger partial charge in [0.25, 0.3) is 5.56 Å². The number of pyridine rings is 2. The van der Waals surface area contributed by atoms with Crippen LogP contribution in [0.1, 0.15) is 12.5 Å². The summed E-state index contributed by atoms with van der Waals surface area (Å²) in [5.74, 6) is -0.995. The lowest BCUT2D eigenvalue weighted by molar-refractivity contribution is -0.137. The van der Waals surface area contributed by atoms with Crippen molar-refractivity contribution in [2.24, 2.45) is 7.05 Å². The lowest BCUT2D eigenvalue weighted by atomic mass is 10.1. The summed E-state index contributed by atoms with van der Waals surface area (Å²) < 4.78 is 52.5. The van der Waals surface area contributed by atoms with Gasteiger partial charge in [-0.2, -0.15) is 18.3 Å². The van der Waals surface area contributed by atoms with E-state index in [1.807, 2.05) is 31.3 Å². The van der Waals surface area contributed by atoms with E-state index in [-0.39, 0.29) is 18.1 Å². The van der Waals surface area contributed by atoms with Gasteiger partial charge >= 0.3 is 6.18 Å². The van der Waals surface area contributed by atoms with Crippen LogP contribution in [0.25, 0.3) is 21.7 Å². The second kappa shape index (κ2) is 11.4. The van der Waals surface area contributed by atoms with Crippen LogP contribution >= 0.6 is 0 Å². The van der Waals surface area contributed by atoms with Gasteiger partial charge in [-0.3, -0.25) is 19.3 Å². The van der Waals surface area contributed by atoms with Crippen LogP contribution < -0.4 is 16.2 Å². The highest BCUT2D eigenvalue weighted by Gasteiger charge is 2.31. The number of halogens is 4. The maximum Gasteiger partial charge on any atom is 0.417 e. The lowest BCUT2D eigenvalue weighted by Gasteiger charge is -2.13. The van der Waals surface area contributed by atoms with Gasteiger partial charge in [0, 0.05) is 30.5 Å². The fourth-order valence-electron chi connectivity index (χ4n) is 3.97. The quantitative estimate of drug-likeness (QED) is 0.254. The minimum absolute atomic E-state index is 0.114. The smallest absolute Gasteiger partial charge is 0.355 e. The number of carbonyl (C=O) groups is 1. The molecule has 8 nitrogen and oxygen atoms in total. The number of rotatable bonds is 5. The molecule has 40 heavy (non-hydrogen) atoms. The van der Waals surface area contributed by atoms with Crippen molar-refractivity contribution in [3.63, 3.8) is 0 Å². The molecule has 5 rings (SSSR count). The molecule has 3 heterocycles. The number of carbonyl (C=O) groups excluding carboxylic acids is 1. The van der Waals surface area contributed by atoms with Crippen LogP contribution in [0.2, 0.25) is 0 Å². The molecule has 2 aromatic carbocycles. The number of nitrogens with zero attached hydrogens (tertiary/aromatic N) is 4. The summed E-state index contributed by atoms with van der Waals surface area (Å²) >= 11 is 0. The predicted octanol–water partition coefficient (Wildman–Crippen LogP) is 6.17. The Kier molecular flexibility index (Phi) is 7.98. The van der Waals surface area contributed by atoms with Crippen molar-refractivity contribution in [2.75, 3.05) is 10.6 Å². The Hall–Kier alpha value is -5.00. The van der Waals surface area contributed by atoms with E-state index >= 15 is 0 Å². The van der Waals surface area contributed by atoms with E-state index in [1.165, 1.54) is 17.7 Å². The first kappa shape index (κ1) is 28.0. The molecule has 12 heteroatoms. The third-order valence-electron chi connectivity index (χ3n) is 5.69. The second-order valence-electron chi connectivity index (χ2n) is 8.87.